The van der Waals surface area contributed by atoms with Gasteiger partial charge in [-0.15, -0.1) is 0 Å². The zero-order valence-electron chi connectivity index (χ0n) is 12.2. The molecule has 1 heterocycles. The third-order valence-electron chi connectivity index (χ3n) is 3.10. The summed E-state index contributed by atoms with van der Waals surface area (Å²) in [6, 6.07) is 6.56. The second-order valence-corrected chi connectivity index (χ2v) is 4.89. The molecule has 0 bridgehead atoms. The van der Waals surface area contributed by atoms with Crippen LogP contribution in [-0.2, 0) is 9.59 Å². The van der Waals surface area contributed by atoms with E-state index in [4.69, 9.17) is 9.47 Å². The Hall–Kier alpha value is -2.24. The minimum atomic E-state index is -0.749. The van der Waals surface area contributed by atoms with Gasteiger partial charge in [0.2, 0.25) is 12.0 Å². The molecule has 1 aliphatic heterocycles. The average molecular weight is 292 g/mol. The minimum Gasteiger partial charge on any atom is -0.485 e. The Balaban J connectivity index is 1.88. The van der Waals surface area contributed by atoms with Gasteiger partial charge in [0.05, 0.1) is 0 Å². The van der Waals surface area contributed by atoms with E-state index in [1.165, 1.54) is 0 Å². The Labute approximate surface area is 123 Å². The summed E-state index contributed by atoms with van der Waals surface area (Å²) in [5, 5.41) is 5.36. The van der Waals surface area contributed by atoms with E-state index in [1.54, 1.807) is 19.1 Å². The molecule has 0 saturated carbocycles. The summed E-state index contributed by atoms with van der Waals surface area (Å²) in [5.41, 5.74) is 0. The molecular formula is C15H20N2O4. The van der Waals surface area contributed by atoms with E-state index in [1.807, 2.05) is 19.1 Å². The molecular weight excluding hydrogens is 272 g/mol. The fourth-order valence-electron chi connectivity index (χ4n) is 1.92. The first-order valence-corrected chi connectivity index (χ1v) is 7.08. The molecule has 0 aliphatic carbocycles. The van der Waals surface area contributed by atoms with Crippen molar-refractivity contribution in [2.75, 3.05) is 13.2 Å². The number of nitrogens with one attached hydrogen (secondary N) is 2. The van der Waals surface area contributed by atoms with Gasteiger partial charge in [0.1, 0.15) is 12.6 Å². The van der Waals surface area contributed by atoms with Crippen molar-refractivity contribution < 1.29 is 19.1 Å². The largest absolute Gasteiger partial charge is 0.485 e. The van der Waals surface area contributed by atoms with Gasteiger partial charge in [0, 0.05) is 6.54 Å². The van der Waals surface area contributed by atoms with Gasteiger partial charge in [0.15, 0.2) is 11.5 Å². The molecule has 1 aromatic rings. The van der Waals surface area contributed by atoms with Gasteiger partial charge in [-0.1, -0.05) is 19.1 Å². The van der Waals surface area contributed by atoms with E-state index in [0.29, 0.717) is 18.0 Å². The first-order chi connectivity index (χ1) is 10.1. The van der Waals surface area contributed by atoms with Crippen LogP contribution in [0.1, 0.15) is 20.3 Å². The fraction of sp³-hybridized carbons (Fsp3) is 0.467. The number of carbonyl (C=O) groups is 2. The van der Waals surface area contributed by atoms with Crippen LogP contribution in [0.2, 0.25) is 0 Å². The van der Waals surface area contributed by atoms with Crippen molar-refractivity contribution in [1.29, 1.82) is 0 Å². The molecule has 0 aromatic heterocycles. The van der Waals surface area contributed by atoms with E-state index in [-0.39, 0.29) is 18.4 Å². The molecule has 2 atom stereocenters. The van der Waals surface area contributed by atoms with Gasteiger partial charge in [-0.3, -0.25) is 9.59 Å². The molecule has 6 nitrogen and oxygen atoms in total. The van der Waals surface area contributed by atoms with E-state index in [2.05, 4.69) is 10.6 Å². The lowest BCUT2D eigenvalue weighted by atomic mass is 10.2. The van der Waals surface area contributed by atoms with Crippen LogP contribution in [0.4, 0.5) is 0 Å². The molecule has 0 spiro atoms. The summed E-state index contributed by atoms with van der Waals surface area (Å²) in [6.45, 7) is 4.33. The molecule has 0 fully saturated rings. The summed E-state index contributed by atoms with van der Waals surface area (Å²) in [4.78, 5) is 23.8. The van der Waals surface area contributed by atoms with Crippen LogP contribution >= 0.6 is 0 Å². The number of amides is 2. The maximum atomic E-state index is 12.1. The van der Waals surface area contributed by atoms with Gasteiger partial charge < -0.3 is 20.1 Å². The Kier molecular flexibility index (Phi) is 5.03. The van der Waals surface area contributed by atoms with Crippen LogP contribution in [0.25, 0.3) is 0 Å². The maximum Gasteiger partial charge on any atom is 0.265 e. The zero-order chi connectivity index (χ0) is 15.2. The molecule has 0 radical (unpaired) electrons. The lowest BCUT2D eigenvalue weighted by Gasteiger charge is -2.26. The van der Waals surface area contributed by atoms with Crippen LogP contribution in [0, 0.1) is 0 Å². The Morgan fingerprint density at radius 2 is 2.05 bits per heavy atom. The molecule has 0 unspecified atom stereocenters. The van der Waals surface area contributed by atoms with Crippen molar-refractivity contribution in [3.63, 3.8) is 0 Å². The highest BCUT2D eigenvalue weighted by atomic mass is 16.6. The molecule has 2 amide bonds. The predicted octanol–water partition coefficient (Wildman–Crippen LogP) is 0.857. The summed E-state index contributed by atoms with van der Waals surface area (Å²) >= 11 is 0. The normalized spacial score (nSPS) is 17.7. The third-order valence-corrected chi connectivity index (χ3v) is 3.10. The molecule has 1 aromatic carbocycles. The lowest BCUT2D eigenvalue weighted by Crippen LogP contribution is -2.51. The summed E-state index contributed by atoms with van der Waals surface area (Å²) in [6.07, 6.45) is 0.101. The summed E-state index contributed by atoms with van der Waals surface area (Å²) < 4.78 is 11.1. The molecule has 2 N–H and O–H groups in total. The number of rotatable bonds is 5. The molecule has 2 rings (SSSR count). The topological polar surface area (TPSA) is 76.7 Å². The van der Waals surface area contributed by atoms with Gasteiger partial charge in [0.25, 0.3) is 5.91 Å². The van der Waals surface area contributed by atoms with E-state index >= 15 is 0 Å². The van der Waals surface area contributed by atoms with Crippen LogP contribution in [-0.4, -0.2) is 37.1 Å². The van der Waals surface area contributed by atoms with Crippen LogP contribution in [0.15, 0.2) is 24.3 Å². The second-order valence-electron chi connectivity index (χ2n) is 4.89. The SMILES string of the molecule is CCCNC(=O)[C@H](C)NC(=O)[C@@H]1COc2ccccc2O1. The van der Waals surface area contributed by atoms with Crippen molar-refractivity contribution in [2.45, 2.75) is 32.4 Å². The van der Waals surface area contributed by atoms with Gasteiger partial charge in [-0.25, -0.2) is 0 Å². The molecule has 6 heteroatoms. The van der Waals surface area contributed by atoms with E-state index in [9.17, 15) is 9.59 Å². The van der Waals surface area contributed by atoms with Crippen molar-refractivity contribution in [3.05, 3.63) is 24.3 Å². The van der Waals surface area contributed by atoms with Crippen molar-refractivity contribution in [2.24, 2.45) is 0 Å². The number of ether oxygens (including phenoxy) is 2. The van der Waals surface area contributed by atoms with Crippen LogP contribution < -0.4 is 20.1 Å². The Bertz CT molecular complexity index is 518. The van der Waals surface area contributed by atoms with E-state index in [0.717, 1.165) is 6.42 Å². The highest BCUT2D eigenvalue weighted by Crippen LogP contribution is 2.30. The second kappa shape index (κ2) is 6.97. The highest BCUT2D eigenvalue weighted by molar-refractivity contribution is 5.89. The van der Waals surface area contributed by atoms with Crippen molar-refractivity contribution in [3.8, 4) is 11.5 Å². The summed E-state index contributed by atoms with van der Waals surface area (Å²) in [5.74, 6) is 0.591. The average Bonchev–Trinajstić information content (AvgIpc) is 2.51. The number of fused-ring (bicyclic) bond motifs is 1. The Morgan fingerprint density at radius 3 is 2.76 bits per heavy atom. The van der Waals surface area contributed by atoms with E-state index < -0.39 is 12.1 Å². The lowest BCUT2D eigenvalue weighted by molar-refractivity contribution is -0.134. The van der Waals surface area contributed by atoms with Crippen molar-refractivity contribution in [1.82, 2.24) is 10.6 Å². The number of para-hydroxylation sites is 2. The number of hydrogen-bond acceptors (Lipinski definition) is 4. The van der Waals surface area contributed by atoms with Crippen LogP contribution in [0.5, 0.6) is 11.5 Å². The number of hydrogen-bond donors (Lipinski definition) is 2. The number of benzene rings is 1. The van der Waals surface area contributed by atoms with Gasteiger partial charge in [-0.2, -0.15) is 0 Å². The fourth-order valence-corrected chi connectivity index (χ4v) is 1.92. The first kappa shape index (κ1) is 15.2. The maximum absolute atomic E-state index is 12.1. The minimum absolute atomic E-state index is 0.131. The molecule has 1 aliphatic rings. The quantitative estimate of drug-likeness (QED) is 0.844. The smallest absolute Gasteiger partial charge is 0.265 e. The third kappa shape index (κ3) is 3.87. The monoisotopic (exact) mass is 292 g/mol. The predicted molar refractivity (Wildman–Crippen MR) is 77.3 cm³/mol. The number of carbonyl (C=O) groups excluding carboxylic acids is 2. The molecule has 21 heavy (non-hydrogen) atoms. The first-order valence-electron chi connectivity index (χ1n) is 7.08. The van der Waals surface area contributed by atoms with Crippen LogP contribution in [0.3, 0.4) is 0 Å². The van der Waals surface area contributed by atoms with Crippen molar-refractivity contribution >= 4 is 11.8 Å². The summed E-state index contributed by atoms with van der Waals surface area (Å²) in [7, 11) is 0. The molecule has 114 valence electrons. The Morgan fingerprint density at radius 1 is 1.33 bits per heavy atom. The standard InChI is InChI=1S/C15H20N2O4/c1-3-8-16-14(18)10(2)17-15(19)13-9-20-11-6-4-5-7-12(11)21-13/h4-7,10,13H,3,8-9H2,1-2H3,(H,16,18)(H,17,19)/t10-,13-/m0/s1. The highest BCUT2D eigenvalue weighted by Gasteiger charge is 2.29. The van der Waals surface area contributed by atoms with Gasteiger partial charge >= 0.3 is 0 Å². The molecule has 0 saturated heterocycles. The van der Waals surface area contributed by atoms with Gasteiger partial charge in [-0.05, 0) is 25.5 Å². The zero-order valence-corrected chi connectivity index (χ0v) is 12.2.